The van der Waals surface area contributed by atoms with E-state index in [1.165, 1.54) is 24.2 Å². The largest absolute Gasteiger partial charge is 0.366 e. The number of carbonyl (C=O) groups excluding carboxylic acids is 1. The van der Waals surface area contributed by atoms with E-state index in [0.29, 0.717) is 71.0 Å². The molecule has 1 aliphatic carbocycles. The number of amides is 1. The molecule has 40 heavy (non-hydrogen) atoms. The number of anilines is 2. The number of pyridine rings is 1. The Bertz CT molecular complexity index is 1450. The molecule has 0 atom stereocenters. The molecule has 0 bridgehead atoms. The van der Waals surface area contributed by atoms with Gasteiger partial charge in [0.2, 0.25) is 0 Å². The van der Waals surface area contributed by atoms with E-state index in [1.807, 2.05) is 24.0 Å². The molecule has 0 N–H and O–H groups in total. The maximum atomic E-state index is 14.5. The van der Waals surface area contributed by atoms with Gasteiger partial charge in [0.15, 0.2) is 0 Å². The molecule has 3 aliphatic rings. The fourth-order valence-corrected chi connectivity index (χ4v) is 7.43. The minimum Gasteiger partial charge on any atom is -0.366 e. The third-order valence-corrected chi connectivity index (χ3v) is 9.44. The highest BCUT2D eigenvalue weighted by Gasteiger charge is 2.38. The van der Waals surface area contributed by atoms with Crippen LogP contribution in [0.3, 0.4) is 0 Å². The Morgan fingerprint density at radius 3 is 2.42 bits per heavy atom. The fourth-order valence-electron chi connectivity index (χ4n) is 6.05. The van der Waals surface area contributed by atoms with Gasteiger partial charge in [0.25, 0.3) is 11.5 Å². The summed E-state index contributed by atoms with van der Waals surface area (Å²) in [6.07, 6.45) is 7.82. The van der Waals surface area contributed by atoms with Crippen molar-refractivity contribution >= 4 is 51.8 Å². The van der Waals surface area contributed by atoms with E-state index in [1.54, 1.807) is 28.5 Å². The second kappa shape index (κ2) is 12.1. The van der Waals surface area contributed by atoms with Crippen LogP contribution in [0.1, 0.15) is 62.1 Å². The fraction of sp³-hybridized carbons (Fsp3) is 0.467. The highest BCUT2D eigenvalue weighted by molar-refractivity contribution is 8.26. The first-order valence-electron chi connectivity index (χ1n) is 14.0. The van der Waals surface area contributed by atoms with Crippen LogP contribution in [0.15, 0.2) is 34.0 Å². The van der Waals surface area contributed by atoms with Gasteiger partial charge < -0.3 is 9.80 Å². The molecule has 1 aromatic heterocycles. The normalized spacial score (nSPS) is 19.6. The van der Waals surface area contributed by atoms with E-state index in [2.05, 4.69) is 11.0 Å². The maximum absolute atomic E-state index is 14.5. The standard InChI is InChI=1S/C30H34FN5O2S2/c1-3-13-35-27(34-16-14-33(15-17-34)25-12-8-7-11-24(25)31)22(20(2)23(19-32)28(35)37)18-26-29(38)36(30(39)40-26)21-9-5-4-6-10-21/h7-8,11-12,18,21H,3-6,9-10,13-17H2,1-2H3/b26-18+. The van der Waals surface area contributed by atoms with Crippen molar-refractivity contribution in [1.82, 2.24) is 9.47 Å². The van der Waals surface area contributed by atoms with Crippen LogP contribution < -0.4 is 15.4 Å². The van der Waals surface area contributed by atoms with E-state index in [0.717, 1.165) is 25.7 Å². The number of benzene rings is 1. The summed E-state index contributed by atoms with van der Waals surface area (Å²) in [6, 6.07) is 9.00. The molecule has 1 amide bonds. The Morgan fingerprint density at radius 2 is 1.77 bits per heavy atom. The molecule has 210 valence electrons. The van der Waals surface area contributed by atoms with Gasteiger partial charge in [-0.25, -0.2) is 4.39 Å². The van der Waals surface area contributed by atoms with Gasteiger partial charge in [0.1, 0.15) is 27.6 Å². The number of rotatable bonds is 6. The van der Waals surface area contributed by atoms with Crippen molar-refractivity contribution in [3.63, 3.8) is 0 Å². The number of aromatic nitrogens is 1. The zero-order chi connectivity index (χ0) is 28.4. The zero-order valence-electron chi connectivity index (χ0n) is 23.0. The van der Waals surface area contributed by atoms with Crippen molar-refractivity contribution in [2.45, 2.75) is 65.0 Å². The topological polar surface area (TPSA) is 72.6 Å². The van der Waals surface area contributed by atoms with Gasteiger partial charge in [0.05, 0.1) is 10.6 Å². The molecule has 1 aromatic carbocycles. The zero-order valence-corrected chi connectivity index (χ0v) is 24.6. The predicted molar refractivity (Wildman–Crippen MR) is 163 cm³/mol. The monoisotopic (exact) mass is 579 g/mol. The smallest absolute Gasteiger partial charge is 0.270 e. The minimum atomic E-state index is -0.319. The molecule has 0 spiro atoms. The Hall–Kier alpha value is -3.16. The first-order chi connectivity index (χ1) is 19.3. The van der Waals surface area contributed by atoms with Gasteiger partial charge >= 0.3 is 0 Å². The molecule has 5 rings (SSSR count). The van der Waals surface area contributed by atoms with Crippen LogP contribution in [0, 0.1) is 24.1 Å². The molecular formula is C30H34FN5O2S2. The summed E-state index contributed by atoms with van der Waals surface area (Å²) in [5, 5.41) is 9.93. The molecular weight excluding hydrogens is 545 g/mol. The van der Waals surface area contributed by atoms with Crippen LogP contribution in [0.25, 0.3) is 6.08 Å². The van der Waals surface area contributed by atoms with Crippen molar-refractivity contribution in [2.75, 3.05) is 36.0 Å². The molecule has 3 fully saturated rings. The maximum Gasteiger partial charge on any atom is 0.270 e. The molecule has 7 nitrogen and oxygen atoms in total. The lowest BCUT2D eigenvalue weighted by molar-refractivity contribution is -0.124. The number of thiocarbonyl (C=S) groups is 1. The minimum absolute atomic E-state index is 0.0937. The molecule has 0 radical (unpaired) electrons. The van der Waals surface area contributed by atoms with Gasteiger partial charge in [-0.15, -0.1) is 0 Å². The van der Waals surface area contributed by atoms with Crippen LogP contribution >= 0.6 is 24.0 Å². The average Bonchev–Trinajstić information content (AvgIpc) is 3.25. The summed E-state index contributed by atoms with van der Waals surface area (Å²) < 4.78 is 16.7. The first-order valence-corrected chi connectivity index (χ1v) is 15.3. The molecule has 2 saturated heterocycles. The Kier molecular flexibility index (Phi) is 8.62. The lowest BCUT2D eigenvalue weighted by atomic mass is 9.94. The number of nitriles is 1. The lowest BCUT2D eigenvalue weighted by Gasteiger charge is -2.39. The number of hydrogen-bond donors (Lipinski definition) is 0. The summed E-state index contributed by atoms with van der Waals surface area (Å²) in [5.41, 5.74) is 1.61. The van der Waals surface area contributed by atoms with Crippen LogP contribution in [0.4, 0.5) is 15.9 Å². The number of piperazine rings is 1. The van der Waals surface area contributed by atoms with Gasteiger partial charge in [-0.05, 0) is 50.0 Å². The van der Waals surface area contributed by atoms with Crippen molar-refractivity contribution in [3.8, 4) is 6.07 Å². The molecule has 1 saturated carbocycles. The van der Waals surface area contributed by atoms with E-state index >= 15 is 0 Å². The van der Waals surface area contributed by atoms with Crippen LogP contribution in [0.2, 0.25) is 0 Å². The highest BCUT2D eigenvalue weighted by atomic mass is 32.2. The summed E-state index contributed by atoms with van der Waals surface area (Å²) >= 11 is 6.96. The van der Waals surface area contributed by atoms with Gasteiger partial charge in [-0.2, -0.15) is 5.26 Å². The van der Waals surface area contributed by atoms with Crippen molar-refractivity contribution in [1.29, 1.82) is 5.26 Å². The Labute approximate surface area is 244 Å². The van der Waals surface area contributed by atoms with Crippen LogP contribution in [0.5, 0.6) is 0 Å². The number of para-hydroxylation sites is 1. The third kappa shape index (κ3) is 5.29. The van der Waals surface area contributed by atoms with Gasteiger partial charge in [-0.3, -0.25) is 19.1 Å². The van der Waals surface area contributed by atoms with Crippen molar-refractivity contribution < 1.29 is 9.18 Å². The van der Waals surface area contributed by atoms with E-state index in [4.69, 9.17) is 12.2 Å². The van der Waals surface area contributed by atoms with E-state index in [9.17, 15) is 19.2 Å². The van der Waals surface area contributed by atoms with E-state index < -0.39 is 0 Å². The van der Waals surface area contributed by atoms with E-state index in [-0.39, 0.29) is 28.9 Å². The number of halogens is 1. The van der Waals surface area contributed by atoms with Crippen LogP contribution in [-0.4, -0.2) is 51.9 Å². The molecule has 2 aromatic rings. The number of thioether (sulfide) groups is 1. The summed E-state index contributed by atoms with van der Waals surface area (Å²) in [5.74, 6) is 0.358. The second-order valence-electron chi connectivity index (χ2n) is 10.6. The third-order valence-electron chi connectivity index (χ3n) is 8.10. The molecule has 2 aliphatic heterocycles. The van der Waals surface area contributed by atoms with Gasteiger partial charge in [-0.1, -0.05) is 62.3 Å². The summed E-state index contributed by atoms with van der Waals surface area (Å²) in [7, 11) is 0. The number of nitrogens with zero attached hydrogens (tertiary/aromatic N) is 5. The molecule has 0 unspecified atom stereocenters. The quantitative estimate of drug-likeness (QED) is 0.334. The van der Waals surface area contributed by atoms with Gasteiger partial charge in [0, 0.05) is 44.3 Å². The summed E-state index contributed by atoms with van der Waals surface area (Å²) in [6.45, 7) is 6.49. The van der Waals surface area contributed by atoms with Crippen molar-refractivity contribution in [3.05, 3.63) is 62.0 Å². The average molecular weight is 580 g/mol. The Balaban J connectivity index is 1.55. The number of hydrogen-bond acceptors (Lipinski definition) is 7. The van der Waals surface area contributed by atoms with Crippen molar-refractivity contribution in [2.24, 2.45) is 0 Å². The second-order valence-corrected chi connectivity index (χ2v) is 12.3. The lowest BCUT2D eigenvalue weighted by Crippen LogP contribution is -2.49. The number of carbonyl (C=O) groups is 1. The molecule has 10 heteroatoms. The summed E-state index contributed by atoms with van der Waals surface area (Å²) in [4.78, 5) is 33.6. The van der Waals surface area contributed by atoms with Crippen LogP contribution in [-0.2, 0) is 11.3 Å². The first kappa shape index (κ1) is 28.4. The predicted octanol–water partition coefficient (Wildman–Crippen LogP) is 5.44. The Morgan fingerprint density at radius 1 is 1.10 bits per heavy atom. The molecule has 3 heterocycles. The highest BCUT2D eigenvalue weighted by Crippen LogP contribution is 2.39. The SMILES string of the molecule is CCCn1c(N2CCN(c3ccccc3F)CC2)c(/C=C2/SC(=S)N(C3CCCCC3)C2=O)c(C)c(C#N)c1=O.